The topological polar surface area (TPSA) is 66.5 Å². The van der Waals surface area contributed by atoms with Crippen molar-refractivity contribution in [2.75, 3.05) is 18.8 Å². The van der Waals surface area contributed by atoms with E-state index in [1.54, 1.807) is 0 Å². The molecule has 0 aliphatic heterocycles. The first kappa shape index (κ1) is 21.3. The van der Waals surface area contributed by atoms with Crippen LogP contribution >= 0.6 is 23.2 Å². The average Bonchev–Trinajstić information content (AvgIpc) is 2.55. The van der Waals surface area contributed by atoms with Crippen molar-refractivity contribution in [3.05, 3.63) is 57.6 Å². The Labute approximate surface area is 163 Å². The normalized spacial score (nSPS) is 12.0. The quantitative estimate of drug-likeness (QED) is 0.759. The van der Waals surface area contributed by atoms with Crippen LogP contribution in [0.15, 0.2) is 41.3 Å². The number of nitrogens with one attached hydrogen (secondary N) is 1. The van der Waals surface area contributed by atoms with Gasteiger partial charge in [-0.1, -0.05) is 23.2 Å². The minimum Gasteiger partial charge on any atom is -0.345 e. The molecule has 0 saturated heterocycles. The smallest absolute Gasteiger partial charge is 0.345 e. The van der Waals surface area contributed by atoms with E-state index in [0.29, 0.717) is 6.07 Å². The summed E-state index contributed by atoms with van der Waals surface area (Å²) in [4.78, 5) is 12.6. The third kappa shape index (κ3) is 4.85. The predicted octanol–water partition coefficient (Wildman–Crippen LogP) is 4.51. The first-order valence-corrected chi connectivity index (χ1v) is 9.47. The fourth-order valence-corrected chi connectivity index (χ4v) is 3.63. The minimum absolute atomic E-state index is 0.0288. The highest BCUT2D eigenvalue weighted by Gasteiger charge is 2.34. The second-order valence-electron chi connectivity index (χ2n) is 5.64. The van der Waals surface area contributed by atoms with Gasteiger partial charge in [0.05, 0.1) is 26.2 Å². The van der Waals surface area contributed by atoms with Gasteiger partial charge in [0.25, 0.3) is 15.9 Å². The van der Waals surface area contributed by atoms with Crippen LogP contribution in [0.4, 0.5) is 18.9 Å². The van der Waals surface area contributed by atoms with E-state index in [9.17, 15) is 26.4 Å². The van der Waals surface area contributed by atoms with Gasteiger partial charge in [-0.3, -0.25) is 9.52 Å². The van der Waals surface area contributed by atoms with Crippen LogP contribution in [-0.4, -0.2) is 33.3 Å². The van der Waals surface area contributed by atoms with Crippen LogP contribution in [0.25, 0.3) is 0 Å². The Morgan fingerprint density at radius 1 is 1.04 bits per heavy atom. The molecule has 0 saturated carbocycles. The number of amides is 1. The number of sulfonamides is 1. The summed E-state index contributed by atoms with van der Waals surface area (Å²) < 4.78 is 65.9. The molecule has 27 heavy (non-hydrogen) atoms. The van der Waals surface area contributed by atoms with Crippen LogP contribution in [0, 0.1) is 0 Å². The van der Waals surface area contributed by atoms with Crippen molar-refractivity contribution >= 4 is 44.8 Å². The molecule has 2 aromatic carbocycles. The lowest BCUT2D eigenvalue weighted by Gasteiger charge is -2.15. The lowest BCUT2D eigenvalue weighted by atomic mass is 10.2. The molecule has 0 fully saturated rings. The fraction of sp³-hybridized carbons (Fsp3) is 0.188. The summed E-state index contributed by atoms with van der Waals surface area (Å²) in [6, 6.07) is 6.09. The highest BCUT2D eigenvalue weighted by Crippen LogP contribution is 2.36. The Morgan fingerprint density at radius 2 is 1.63 bits per heavy atom. The third-order valence-electron chi connectivity index (χ3n) is 3.42. The van der Waals surface area contributed by atoms with Crippen molar-refractivity contribution in [2.24, 2.45) is 0 Å². The molecule has 0 aromatic heterocycles. The molecule has 146 valence electrons. The first-order valence-electron chi connectivity index (χ1n) is 7.23. The molecule has 11 heteroatoms. The van der Waals surface area contributed by atoms with Gasteiger partial charge in [-0.25, -0.2) is 8.42 Å². The zero-order valence-corrected chi connectivity index (χ0v) is 16.3. The van der Waals surface area contributed by atoms with Gasteiger partial charge in [-0.05, 0) is 36.4 Å². The van der Waals surface area contributed by atoms with Crippen LogP contribution in [0.3, 0.4) is 0 Å². The maximum atomic E-state index is 13.0. The monoisotopic (exact) mass is 440 g/mol. The number of nitrogens with zero attached hydrogens (tertiary/aromatic N) is 1. The summed E-state index contributed by atoms with van der Waals surface area (Å²) in [5.41, 5.74) is -1.28. The minimum atomic E-state index is -4.82. The maximum absolute atomic E-state index is 13.0. The Bertz CT molecular complexity index is 993. The van der Waals surface area contributed by atoms with E-state index in [2.05, 4.69) is 4.72 Å². The standard InChI is InChI=1S/C16H13Cl2F3N2O3S/c1-23(2)15(24)9-3-5-13(18)14(7-9)22-27(25,26)10-4-6-12(17)11(8-10)16(19,20)21/h3-8,22H,1-2H3. The molecule has 2 rings (SSSR count). The van der Waals surface area contributed by atoms with Gasteiger partial charge >= 0.3 is 6.18 Å². The molecule has 0 spiro atoms. The van der Waals surface area contributed by atoms with E-state index in [1.807, 2.05) is 0 Å². The molecular formula is C16H13Cl2F3N2O3S. The second kappa shape index (κ2) is 7.57. The van der Waals surface area contributed by atoms with Gasteiger partial charge < -0.3 is 4.90 Å². The Kier molecular flexibility index (Phi) is 5.98. The summed E-state index contributed by atoms with van der Waals surface area (Å²) in [6.45, 7) is 0. The Hall–Kier alpha value is -1.97. The van der Waals surface area contributed by atoms with Crippen molar-refractivity contribution in [3.8, 4) is 0 Å². The van der Waals surface area contributed by atoms with Crippen molar-refractivity contribution in [2.45, 2.75) is 11.1 Å². The van der Waals surface area contributed by atoms with Crippen molar-refractivity contribution in [1.82, 2.24) is 4.90 Å². The Morgan fingerprint density at radius 3 is 2.19 bits per heavy atom. The number of benzene rings is 2. The van der Waals surface area contributed by atoms with E-state index in [-0.39, 0.29) is 16.3 Å². The molecule has 0 unspecified atom stereocenters. The van der Waals surface area contributed by atoms with Crippen molar-refractivity contribution in [1.29, 1.82) is 0 Å². The largest absolute Gasteiger partial charge is 0.417 e. The van der Waals surface area contributed by atoms with Crippen LogP contribution in [0.2, 0.25) is 10.0 Å². The van der Waals surface area contributed by atoms with E-state index >= 15 is 0 Å². The highest BCUT2D eigenvalue weighted by molar-refractivity contribution is 7.92. The van der Waals surface area contributed by atoms with Crippen LogP contribution in [0.1, 0.15) is 15.9 Å². The molecule has 0 atom stereocenters. The summed E-state index contributed by atoms with van der Waals surface area (Å²) in [6.07, 6.45) is -4.82. The number of hydrogen-bond acceptors (Lipinski definition) is 3. The molecule has 2 aromatic rings. The molecule has 0 radical (unpaired) electrons. The molecule has 0 bridgehead atoms. The molecular weight excluding hydrogens is 428 g/mol. The zero-order valence-electron chi connectivity index (χ0n) is 13.9. The predicted molar refractivity (Wildman–Crippen MR) is 96.7 cm³/mol. The average molecular weight is 441 g/mol. The van der Waals surface area contributed by atoms with Crippen LogP contribution < -0.4 is 4.72 Å². The lowest BCUT2D eigenvalue weighted by molar-refractivity contribution is -0.137. The molecule has 0 heterocycles. The number of carbonyl (C=O) groups is 1. The highest BCUT2D eigenvalue weighted by atomic mass is 35.5. The lowest BCUT2D eigenvalue weighted by Crippen LogP contribution is -2.22. The van der Waals surface area contributed by atoms with Gasteiger partial charge in [0.15, 0.2) is 0 Å². The second-order valence-corrected chi connectivity index (χ2v) is 8.14. The zero-order chi connectivity index (χ0) is 20.6. The SMILES string of the molecule is CN(C)C(=O)c1ccc(Cl)c(NS(=O)(=O)c2ccc(Cl)c(C(F)(F)F)c2)c1. The first-order chi connectivity index (χ1) is 12.3. The summed E-state index contributed by atoms with van der Waals surface area (Å²) in [5, 5.41) is -0.656. The van der Waals surface area contributed by atoms with Gasteiger partial charge in [-0.15, -0.1) is 0 Å². The number of hydrogen-bond donors (Lipinski definition) is 1. The van der Waals surface area contributed by atoms with Crippen LogP contribution in [-0.2, 0) is 16.2 Å². The number of halogens is 5. The van der Waals surface area contributed by atoms with Gasteiger partial charge in [0.1, 0.15) is 0 Å². The number of alkyl halides is 3. The van der Waals surface area contributed by atoms with Crippen molar-refractivity contribution in [3.63, 3.8) is 0 Å². The molecule has 0 aliphatic rings. The fourth-order valence-electron chi connectivity index (χ4n) is 2.09. The Balaban J connectivity index is 2.46. The van der Waals surface area contributed by atoms with Crippen molar-refractivity contribution < 1.29 is 26.4 Å². The van der Waals surface area contributed by atoms with Crippen LogP contribution in [0.5, 0.6) is 0 Å². The third-order valence-corrected chi connectivity index (χ3v) is 5.44. The molecule has 5 nitrogen and oxygen atoms in total. The maximum Gasteiger partial charge on any atom is 0.417 e. The molecule has 1 N–H and O–H groups in total. The molecule has 0 aliphatic carbocycles. The summed E-state index contributed by atoms with van der Waals surface area (Å²) >= 11 is 11.5. The van der Waals surface area contributed by atoms with E-state index < -0.39 is 37.6 Å². The number of rotatable bonds is 4. The van der Waals surface area contributed by atoms with E-state index in [0.717, 1.165) is 12.1 Å². The number of anilines is 1. The van der Waals surface area contributed by atoms with Gasteiger partial charge in [0.2, 0.25) is 0 Å². The van der Waals surface area contributed by atoms with E-state index in [1.165, 1.54) is 37.2 Å². The van der Waals surface area contributed by atoms with Gasteiger partial charge in [-0.2, -0.15) is 13.2 Å². The molecule has 1 amide bonds. The summed E-state index contributed by atoms with van der Waals surface area (Å²) in [7, 11) is -1.40. The van der Waals surface area contributed by atoms with E-state index in [4.69, 9.17) is 23.2 Å². The number of carbonyl (C=O) groups excluding carboxylic acids is 1. The summed E-state index contributed by atoms with van der Waals surface area (Å²) in [5.74, 6) is -0.405. The van der Waals surface area contributed by atoms with Gasteiger partial charge in [0, 0.05) is 19.7 Å².